The highest BCUT2D eigenvalue weighted by atomic mass is 32.2. The molecule has 1 aliphatic rings. The summed E-state index contributed by atoms with van der Waals surface area (Å²) in [7, 11) is 0. The maximum absolute atomic E-state index is 14.4. The van der Waals surface area contributed by atoms with Gasteiger partial charge in [0.05, 0.1) is 5.69 Å². The zero-order valence-electron chi connectivity index (χ0n) is 14.3. The molecule has 2 unspecified atom stereocenters. The second-order valence-corrected chi connectivity index (χ2v) is 9.23. The molecule has 0 amide bonds. The largest absolute Gasteiger partial charge is 0.598 e. The molecule has 2 aromatic rings. The highest BCUT2D eigenvalue weighted by Crippen LogP contribution is 2.41. The molecule has 24 heavy (non-hydrogen) atoms. The van der Waals surface area contributed by atoms with Gasteiger partial charge in [-0.2, -0.15) is 4.39 Å². The topological polar surface area (TPSA) is 48.0 Å². The summed E-state index contributed by atoms with van der Waals surface area (Å²) in [6.07, 6.45) is 2.07. The molecule has 3 nitrogen and oxygen atoms in total. The number of pyridine rings is 1. The van der Waals surface area contributed by atoms with Crippen LogP contribution in [0.25, 0.3) is 0 Å². The van der Waals surface area contributed by atoms with Gasteiger partial charge >= 0.3 is 0 Å². The molecule has 0 radical (unpaired) electrons. The highest BCUT2D eigenvalue weighted by Gasteiger charge is 2.32. The van der Waals surface area contributed by atoms with Gasteiger partial charge in [0, 0.05) is 16.9 Å². The Balaban J connectivity index is 1.93. The van der Waals surface area contributed by atoms with Crippen LogP contribution in [-0.2, 0) is 11.4 Å². The number of benzene rings is 1. The monoisotopic (exact) mass is 346 g/mol. The normalized spacial score (nSPS) is 17.5. The van der Waals surface area contributed by atoms with Crippen molar-refractivity contribution in [1.82, 2.24) is 9.71 Å². The molecule has 5 heteroatoms. The first-order valence-corrected chi connectivity index (χ1v) is 9.40. The third-order valence-corrected chi connectivity index (χ3v) is 5.69. The van der Waals surface area contributed by atoms with Crippen molar-refractivity contribution in [3.63, 3.8) is 0 Å². The molecule has 1 saturated carbocycles. The van der Waals surface area contributed by atoms with Gasteiger partial charge in [-0.05, 0) is 51.2 Å². The summed E-state index contributed by atoms with van der Waals surface area (Å²) in [6, 6.07) is 12.9. The Morgan fingerprint density at radius 2 is 1.83 bits per heavy atom. The molecule has 1 heterocycles. The van der Waals surface area contributed by atoms with E-state index in [9.17, 15) is 8.94 Å². The molecule has 2 atom stereocenters. The molecule has 1 fully saturated rings. The smallest absolute Gasteiger partial charge is 0.216 e. The molecule has 1 aromatic heterocycles. The fourth-order valence-electron chi connectivity index (χ4n) is 2.55. The lowest BCUT2D eigenvalue weighted by molar-refractivity contribution is 0.525. The summed E-state index contributed by atoms with van der Waals surface area (Å²) >= 11 is -1.29. The minimum Gasteiger partial charge on any atom is -0.598 e. The molecule has 3 rings (SSSR count). The van der Waals surface area contributed by atoms with Gasteiger partial charge in [-0.1, -0.05) is 36.4 Å². The van der Waals surface area contributed by atoms with Crippen LogP contribution in [0.2, 0.25) is 0 Å². The van der Waals surface area contributed by atoms with Crippen LogP contribution in [-0.4, -0.2) is 14.3 Å². The van der Waals surface area contributed by atoms with Crippen LogP contribution in [0.15, 0.2) is 42.5 Å². The summed E-state index contributed by atoms with van der Waals surface area (Å²) in [6.45, 7) is 5.72. The third kappa shape index (κ3) is 3.97. The molecule has 1 N–H and O–H groups in total. The standard InChI is InChI=1S/C19H23FN2OS/c1-19(2,3)24(23)22-17(14-7-5-4-6-8-14)16-12-11-15(13-9-10-13)18(20)21-16/h4-8,11-13,17,22H,9-10H2,1-3H3. The van der Waals surface area contributed by atoms with E-state index in [-0.39, 0.29) is 0 Å². The zero-order chi connectivity index (χ0) is 17.3. The summed E-state index contributed by atoms with van der Waals surface area (Å²) in [5.41, 5.74) is 2.17. The van der Waals surface area contributed by atoms with Gasteiger partial charge in [-0.25, -0.2) is 4.98 Å². The SMILES string of the molecule is CC(C)(C)[S+]([O-])NC(c1ccccc1)c1ccc(C2CC2)c(F)n1. The van der Waals surface area contributed by atoms with E-state index in [4.69, 9.17) is 0 Å². The van der Waals surface area contributed by atoms with Gasteiger partial charge < -0.3 is 4.55 Å². The molecular formula is C19H23FN2OS. The van der Waals surface area contributed by atoms with E-state index in [1.165, 1.54) is 0 Å². The Morgan fingerprint density at radius 3 is 2.38 bits per heavy atom. The average Bonchev–Trinajstić information content (AvgIpc) is 3.37. The van der Waals surface area contributed by atoms with E-state index in [1.807, 2.05) is 63.2 Å². The first kappa shape index (κ1) is 17.4. The quantitative estimate of drug-likeness (QED) is 0.651. The Kier molecular flexibility index (Phi) is 4.95. The Bertz CT molecular complexity index is 698. The molecule has 1 aliphatic carbocycles. The number of hydrogen-bond acceptors (Lipinski definition) is 3. The molecule has 0 bridgehead atoms. The van der Waals surface area contributed by atoms with E-state index in [2.05, 4.69) is 9.71 Å². The van der Waals surface area contributed by atoms with Crippen LogP contribution in [0.4, 0.5) is 4.39 Å². The molecule has 0 spiro atoms. The highest BCUT2D eigenvalue weighted by molar-refractivity contribution is 7.90. The van der Waals surface area contributed by atoms with Gasteiger partial charge in [0.25, 0.3) is 0 Å². The molecule has 0 saturated heterocycles. The van der Waals surface area contributed by atoms with Crippen LogP contribution in [0, 0.1) is 5.95 Å². The summed E-state index contributed by atoms with van der Waals surface area (Å²) in [4.78, 5) is 4.18. The molecular weight excluding hydrogens is 323 g/mol. The van der Waals surface area contributed by atoms with Crippen LogP contribution >= 0.6 is 0 Å². The maximum Gasteiger partial charge on any atom is 0.216 e. The third-order valence-electron chi connectivity index (χ3n) is 4.13. The van der Waals surface area contributed by atoms with Crippen molar-refractivity contribution < 1.29 is 8.94 Å². The number of aromatic nitrogens is 1. The zero-order valence-corrected chi connectivity index (χ0v) is 15.1. The van der Waals surface area contributed by atoms with Crippen molar-refractivity contribution >= 4 is 11.4 Å². The molecule has 1 aromatic carbocycles. The number of halogens is 1. The van der Waals surface area contributed by atoms with Crippen molar-refractivity contribution in [2.75, 3.05) is 0 Å². The first-order chi connectivity index (χ1) is 11.4. The van der Waals surface area contributed by atoms with Crippen molar-refractivity contribution in [1.29, 1.82) is 0 Å². The summed E-state index contributed by atoms with van der Waals surface area (Å²) in [5.74, 6) is -0.0855. The Hall–Kier alpha value is -1.43. The minimum atomic E-state index is -1.29. The number of hydrogen-bond donors (Lipinski definition) is 1. The van der Waals surface area contributed by atoms with Gasteiger partial charge in [0.1, 0.15) is 10.8 Å². The Labute approximate surface area is 146 Å². The fourth-order valence-corrected chi connectivity index (χ4v) is 3.37. The van der Waals surface area contributed by atoms with Crippen molar-refractivity contribution in [2.24, 2.45) is 0 Å². The molecule has 0 aliphatic heterocycles. The minimum absolute atomic E-state index is 0.318. The number of nitrogens with zero attached hydrogens (tertiary/aromatic N) is 1. The van der Waals surface area contributed by atoms with Crippen molar-refractivity contribution in [2.45, 2.75) is 50.3 Å². The lowest BCUT2D eigenvalue weighted by Crippen LogP contribution is -2.41. The fraction of sp³-hybridized carbons (Fsp3) is 0.421. The predicted octanol–water partition coefficient (Wildman–Crippen LogP) is 4.24. The maximum atomic E-state index is 14.4. The average molecular weight is 346 g/mol. The van der Waals surface area contributed by atoms with E-state index >= 15 is 0 Å². The van der Waals surface area contributed by atoms with E-state index < -0.39 is 28.1 Å². The van der Waals surface area contributed by atoms with Crippen LogP contribution in [0.5, 0.6) is 0 Å². The van der Waals surface area contributed by atoms with E-state index in [0.717, 1.165) is 18.4 Å². The Morgan fingerprint density at radius 1 is 1.17 bits per heavy atom. The lowest BCUT2D eigenvalue weighted by atomic mass is 10.0. The van der Waals surface area contributed by atoms with E-state index in [1.54, 1.807) is 0 Å². The summed E-state index contributed by atoms with van der Waals surface area (Å²) < 4.78 is 29.7. The van der Waals surface area contributed by atoms with E-state index in [0.29, 0.717) is 17.2 Å². The molecule has 128 valence electrons. The van der Waals surface area contributed by atoms with Crippen molar-refractivity contribution in [3.05, 3.63) is 65.2 Å². The van der Waals surface area contributed by atoms with Gasteiger partial charge in [-0.3, -0.25) is 0 Å². The van der Waals surface area contributed by atoms with Crippen LogP contribution in [0.1, 0.15) is 62.4 Å². The second kappa shape index (κ2) is 6.82. The predicted molar refractivity (Wildman–Crippen MR) is 95.5 cm³/mol. The second-order valence-electron chi connectivity index (χ2n) is 7.23. The van der Waals surface area contributed by atoms with Crippen LogP contribution in [0.3, 0.4) is 0 Å². The van der Waals surface area contributed by atoms with Gasteiger partial charge in [0.15, 0.2) is 0 Å². The summed E-state index contributed by atoms with van der Waals surface area (Å²) in [5, 5.41) is 0. The van der Waals surface area contributed by atoms with Gasteiger partial charge in [0.2, 0.25) is 5.95 Å². The number of rotatable bonds is 5. The van der Waals surface area contributed by atoms with Crippen molar-refractivity contribution in [3.8, 4) is 0 Å². The first-order valence-electron chi connectivity index (χ1n) is 8.25. The van der Waals surface area contributed by atoms with Crippen LogP contribution < -0.4 is 4.72 Å². The number of nitrogens with one attached hydrogen (secondary N) is 1. The lowest BCUT2D eigenvalue weighted by Gasteiger charge is -2.28. The van der Waals surface area contributed by atoms with Gasteiger partial charge in [-0.15, -0.1) is 4.72 Å².